The van der Waals surface area contributed by atoms with E-state index in [1.165, 1.54) is 0 Å². The zero-order valence-electron chi connectivity index (χ0n) is 14.7. The number of amidine groups is 1. The zero-order valence-corrected chi connectivity index (χ0v) is 17.1. The maximum Gasteiger partial charge on any atom is 0.177 e. The fourth-order valence-electron chi connectivity index (χ4n) is 2.84. The van der Waals surface area contributed by atoms with Gasteiger partial charge in [-0.3, -0.25) is 5.01 Å². The number of halogens is 2. The molecule has 0 aliphatic carbocycles. The van der Waals surface area contributed by atoms with E-state index in [0.717, 1.165) is 22.6 Å². The highest BCUT2D eigenvalue weighted by Gasteiger charge is 2.24. The molecule has 0 saturated carbocycles. The molecule has 0 radical (unpaired) electrons. The van der Waals surface area contributed by atoms with E-state index in [-0.39, 0.29) is 0 Å². The van der Waals surface area contributed by atoms with E-state index >= 15 is 0 Å². The SMILES string of the molecule is COc1ccc(CN2NNN=C2c2cnn(-c3cc(Cl)cc(Cl)c3)c2S)cc1. The Bertz CT molecular complexity index is 1020. The number of nitrogens with one attached hydrogen (secondary N) is 2. The second-order valence-electron chi connectivity index (χ2n) is 6.01. The van der Waals surface area contributed by atoms with Crippen LogP contribution < -0.4 is 15.8 Å². The predicted molar refractivity (Wildman–Crippen MR) is 112 cm³/mol. The van der Waals surface area contributed by atoms with Crippen LogP contribution in [0.15, 0.2) is 58.8 Å². The van der Waals surface area contributed by atoms with Gasteiger partial charge in [0, 0.05) is 10.0 Å². The van der Waals surface area contributed by atoms with Crippen LogP contribution in [0, 0.1) is 0 Å². The van der Waals surface area contributed by atoms with Crippen molar-refractivity contribution in [3.8, 4) is 11.4 Å². The quantitative estimate of drug-likeness (QED) is 0.534. The molecule has 2 aromatic carbocycles. The van der Waals surface area contributed by atoms with Gasteiger partial charge in [-0.1, -0.05) is 35.3 Å². The Kier molecular flexibility index (Phi) is 5.36. The Hall–Kier alpha value is -2.39. The van der Waals surface area contributed by atoms with Crippen LogP contribution >= 0.6 is 35.8 Å². The molecule has 0 unspecified atom stereocenters. The molecule has 3 aromatic rings. The number of hydrazine groups is 2. The number of hydrogen-bond donors (Lipinski definition) is 3. The molecule has 2 N–H and O–H groups in total. The van der Waals surface area contributed by atoms with Gasteiger partial charge < -0.3 is 4.74 Å². The largest absolute Gasteiger partial charge is 0.497 e. The lowest BCUT2D eigenvalue weighted by Gasteiger charge is -2.19. The van der Waals surface area contributed by atoms with E-state index in [1.54, 1.807) is 36.2 Å². The molecule has 0 atom stereocenters. The maximum atomic E-state index is 6.11. The summed E-state index contributed by atoms with van der Waals surface area (Å²) in [5, 5.41) is 12.3. The third-order valence-electron chi connectivity index (χ3n) is 4.18. The van der Waals surface area contributed by atoms with Crippen molar-refractivity contribution < 1.29 is 4.74 Å². The van der Waals surface area contributed by atoms with Crippen LogP contribution in [0.1, 0.15) is 11.1 Å². The van der Waals surface area contributed by atoms with Crippen LogP contribution in [0.25, 0.3) is 5.69 Å². The number of aromatic nitrogens is 2. The number of nitrogens with zero attached hydrogens (tertiary/aromatic N) is 4. The van der Waals surface area contributed by atoms with Crippen molar-refractivity contribution in [2.75, 3.05) is 7.11 Å². The van der Waals surface area contributed by atoms with Crippen molar-refractivity contribution in [3.63, 3.8) is 0 Å². The summed E-state index contributed by atoms with van der Waals surface area (Å²) in [5.74, 6) is 1.48. The molecular weight excluding hydrogens is 419 g/mol. The molecule has 1 aliphatic rings. The summed E-state index contributed by atoms with van der Waals surface area (Å²) in [7, 11) is 1.64. The number of rotatable bonds is 5. The molecule has 2 heterocycles. The van der Waals surface area contributed by atoms with Crippen LogP contribution in [-0.4, -0.2) is 27.7 Å². The third kappa shape index (κ3) is 3.77. The molecule has 0 spiro atoms. The zero-order chi connectivity index (χ0) is 19.7. The first-order chi connectivity index (χ1) is 13.5. The van der Waals surface area contributed by atoms with E-state index in [0.29, 0.717) is 27.5 Å². The second-order valence-corrected chi connectivity index (χ2v) is 7.31. The lowest BCUT2D eigenvalue weighted by molar-refractivity contribution is 0.287. The van der Waals surface area contributed by atoms with E-state index in [2.05, 4.69) is 33.9 Å². The average Bonchev–Trinajstić information content (AvgIpc) is 3.27. The summed E-state index contributed by atoms with van der Waals surface area (Å²) >= 11 is 16.9. The highest BCUT2D eigenvalue weighted by molar-refractivity contribution is 7.80. The summed E-state index contributed by atoms with van der Waals surface area (Å²) in [6, 6.07) is 13.0. The maximum absolute atomic E-state index is 6.11. The standard InChI is InChI=1S/C18H16Cl2N6OS/c1-27-15-4-2-11(3-5-15)10-25-17(22-23-24-25)16-9-21-26(18(16)28)14-7-12(19)6-13(20)8-14/h2-9,23-24,28H,10H2,1H3. The molecule has 4 rings (SSSR count). The Morgan fingerprint density at radius 1 is 1.11 bits per heavy atom. The fourth-order valence-corrected chi connectivity index (χ4v) is 3.67. The normalized spacial score (nSPS) is 13.4. The van der Waals surface area contributed by atoms with Gasteiger partial charge in [0.05, 0.1) is 31.1 Å². The van der Waals surface area contributed by atoms with Gasteiger partial charge in [-0.2, -0.15) is 5.10 Å². The van der Waals surface area contributed by atoms with E-state index < -0.39 is 0 Å². The van der Waals surface area contributed by atoms with Gasteiger partial charge in [0.25, 0.3) is 0 Å². The van der Waals surface area contributed by atoms with Gasteiger partial charge >= 0.3 is 0 Å². The Balaban J connectivity index is 1.60. The minimum atomic E-state index is 0.523. The Labute approximate surface area is 177 Å². The predicted octanol–water partition coefficient (Wildman–Crippen LogP) is 3.66. The molecule has 1 aromatic heterocycles. The van der Waals surface area contributed by atoms with Gasteiger partial charge in [-0.15, -0.1) is 23.3 Å². The van der Waals surface area contributed by atoms with Crippen molar-refractivity contribution in [1.29, 1.82) is 0 Å². The number of ether oxygens (including phenoxy) is 1. The van der Waals surface area contributed by atoms with Crippen molar-refractivity contribution in [2.45, 2.75) is 11.6 Å². The lowest BCUT2D eigenvalue weighted by atomic mass is 10.2. The molecule has 144 valence electrons. The van der Waals surface area contributed by atoms with Gasteiger partial charge in [0.15, 0.2) is 5.84 Å². The van der Waals surface area contributed by atoms with Gasteiger partial charge in [-0.25, -0.2) is 10.2 Å². The smallest absolute Gasteiger partial charge is 0.177 e. The Morgan fingerprint density at radius 3 is 2.50 bits per heavy atom. The minimum Gasteiger partial charge on any atom is -0.497 e. The van der Waals surface area contributed by atoms with Gasteiger partial charge in [-0.05, 0) is 35.9 Å². The molecule has 28 heavy (non-hydrogen) atoms. The highest BCUT2D eigenvalue weighted by atomic mass is 35.5. The molecule has 0 bridgehead atoms. The first-order valence-corrected chi connectivity index (χ1v) is 9.48. The monoisotopic (exact) mass is 434 g/mol. The first kappa shape index (κ1) is 18.9. The number of hydrogen-bond acceptors (Lipinski definition) is 7. The summed E-state index contributed by atoms with van der Waals surface area (Å²) in [5.41, 5.74) is 8.35. The van der Waals surface area contributed by atoms with E-state index in [4.69, 9.17) is 27.9 Å². The van der Waals surface area contributed by atoms with Crippen molar-refractivity contribution in [2.24, 2.45) is 5.10 Å². The van der Waals surface area contributed by atoms with Crippen LogP contribution in [0.2, 0.25) is 10.0 Å². The van der Waals surface area contributed by atoms with Crippen LogP contribution in [-0.2, 0) is 6.54 Å². The summed E-state index contributed by atoms with van der Waals surface area (Å²) in [6.45, 7) is 0.581. The summed E-state index contributed by atoms with van der Waals surface area (Å²) in [6.07, 6.45) is 1.70. The molecule has 0 amide bonds. The van der Waals surface area contributed by atoms with E-state index in [9.17, 15) is 0 Å². The molecule has 10 heteroatoms. The number of hydrazone groups is 1. The van der Waals surface area contributed by atoms with Gasteiger partial charge in [0.2, 0.25) is 0 Å². The van der Waals surface area contributed by atoms with Crippen LogP contribution in [0.3, 0.4) is 0 Å². The highest BCUT2D eigenvalue weighted by Crippen LogP contribution is 2.26. The van der Waals surface area contributed by atoms with Crippen molar-refractivity contribution >= 4 is 41.7 Å². The summed E-state index contributed by atoms with van der Waals surface area (Å²) in [4.78, 5) is 0. The van der Waals surface area contributed by atoms with Gasteiger partial charge in [0.1, 0.15) is 10.8 Å². The molecular formula is C18H16Cl2N6OS. The second kappa shape index (κ2) is 7.92. The summed E-state index contributed by atoms with van der Waals surface area (Å²) < 4.78 is 6.86. The number of benzene rings is 2. The topological polar surface area (TPSA) is 66.7 Å². The fraction of sp³-hybridized carbons (Fsp3) is 0.111. The first-order valence-electron chi connectivity index (χ1n) is 8.28. The van der Waals surface area contributed by atoms with Crippen LogP contribution in [0.4, 0.5) is 0 Å². The third-order valence-corrected chi connectivity index (χ3v) is 5.05. The molecule has 1 aliphatic heterocycles. The number of methoxy groups -OCH3 is 1. The molecule has 7 nitrogen and oxygen atoms in total. The van der Waals surface area contributed by atoms with Crippen LogP contribution in [0.5, 0.6) is 5.75 Å². The van der Waals surface area contributed by atoms with Crippen molar-refractivity contribution in [1.82, 2.24) is 25.9 Å². The lowest BCUT2D eigenvalue weighted by Crippen LogP contribution is -2.40. The Morgan fingerprint density at radius 2 is 1.82 bits per heavy atom. The van der Waals surface area contributed by atoms with Crippen molar-refractivity contribution in [3.05, 3.63) is 69.8 Å². The van der Waals surface area contributed by atoms with E-state index in [1.807, 2.05) is 29.3 Å². The average molecular weight is 435 g/mol. The number of thiol groups is 1. The molecule has 0 saturated heterocycles. The minimum absolute atomic E-state index is 0.523. The molecule has 0 fully saturated rings.